The van der Waals surface area contributed by atoms with Crippen molar-refractivity contribution in [3.8, 4) is 0 Å². The van der Waals surface area contributed by atoms with Crippen LogP contribution in [0.3, 0.4) is 0 Å². The Morgan fingerprint density at radius 2 is 1.81 bits per heavy atom. The van der Waals surface area contributed by atoms with Crippen molar-refractivity contribution in [2.75, 3.05) is 18.0 Å². The molecule has 138 valence electrons. The SMILES string of the molecule is CC(=O)N(CCC(=O)NCCc1ccccc1)c1c(C)cc(C)cc1Cl. The highest BCUT2D eigenvalue weighted by atomic mass is 35.5. The van der Waals surface area contributed by atoms with Gasteiger partial charge in [0, 0.05) is 26.4 Å². The van der Waals surface area contributed by atoms with Gasteiger partial charge in [0.05, 0.1) is 10.7 Å². The molecule has 2 aromatic carbocycles. The molecule has 0 aliphatic rings. The van der Waals surface area contributed by atoms with Crippen molar-refractivity contribution in [3.05, 3.63) is 64.2 Å². The Balaban J connectivity index is 1.92. The molecule has 4 nitrogen and oxygen atoms in total. The average molecular weight is 373 g/mol. The van der Waals surface area contributed by atoms with E-state index < -0.39 is 0 Å². The number of hydrogen-bond donors (Lipinski definition) is 1. The van der Waals surface area contributed by atoms with Crippen molar-refractivity contribution >= 4 is 29.1 Å². The van der Waals surface area contributed by atoms with E-state index >= 15 is 0 Å². The first-order valence-corrected chi connectivity index (χ1v) is 9.11. The van der Waals surface area contributed by atoms with Crippen molar-refractivity contribution in [2.24, 2.45) is 0 Å². The maximum absolute atomic E-state index is 12.1. The Morgan fingerprint density at radius 1 is 1.12 bits per heavy atom. The van der Waals surface area contributed by atoms with Crippen LogP contribution in [-0.4, -0.2) is 24.9 Å². The zero-order valence-electron chi connectivity index (χ0n) is 15.5. The third-order valence-corrected chi connectivity index (χ3v) is 4.48. The molecule has 0 heterocycles. The molecule has 2 rings (SSSR count). The standard InChI is InChI=1S/C21H25ClN2O2/c1-15-13-16(2)21(19(22)14-15)24(17(3)25)12-10-20(26)23-11-9-18-7-5-4-6-8-18/h4-8,13-14H,9-12H2,1-3H3,(H,23,26). The minimum absolute atomic E-state index is 0.0759. The van der Waals surface area contributed by atoms with Gasteiger partial charge in [0.1, 0.15) is 0 Å². The number of halogens is 1. The smallest absolute Gasteiger partial charge is 0.223 e. The zero-order valence-corrected chi connectivity index (χ0v) is 16.3. The summed E-state index contributed by atoms with van der Waals surface area (Å²) < 4.78 is 0. The van der Waals surface area contributed by atoms with E-state index in [1.807, 2.05) is 56.3 Å². The highest BCUT2D eigenvalue weighted by Gasteiger charge is 2.18. The highest BCUT2D eigenvalue weighted by Crippen LogP contribution is 2.31. The van der Waals surface area contributed by atoms with E-state index in [2.05, 4.69) is 5.32 Å². The summed E-state index contributed by atoms with van der Waals surface area (Å²) in [5.41, 5.74) is 3.83. The molecule has 0 unspecified atom stereocenters. The number of aryl methyl sites for hydroxylation is 2. The molecular formula is C21H25ClN2O2. The summed E-state index contributed by atoms with van der Waals surface area (Å²) in [7, 11) is 0. The Bertz CT molecular complexity index is 752. The second kappa shape index (κ2) is 9.39. The summed E-state index contributed by atoms with van der Waals surface area (Å²) in [6, 6.07) is 13.8. The Hall–Kier alpha value is -2.33. The molecular weight excluding hydrogens is 348 g/mol. The molecule has 2 aromatic rings. The van der Waals surface area contributed by atoms with Gasteiger partial charge in [-0.2, -0.15) is 0 Å². The van der Waals surface area contributed by atoms with Crippen molar-refractivity contribution < 1.29 is 9.59 Å². The van der Waals surface area contributed by atoms with E-state index in [-0.39, 0.29) is 18.2 Å². The molecule has 0 spiro atoms. The minimum Gasteiger partial charge on any atom is -0.356 e. The lowest BCUT2D eigenvalue weighted by Gasteiger charge is -2.24. The molecule has 5 heteroatoms. The molecule has 0 fully saturated rings. The summed E-state index contributed by atoms with van der Waals surface area (Å²) in [5.74, 6) is -0.205. The summed E-state index contributed by atoms with van der Waals surface area (Å²) >= 11 is 6.35. The first kappa shape index (κ1) is 20.0. The van der Waals surface area contributed by atoms with Crippen molar-refractivity contribution in [1.82, 2.24) is 5.32 Å². The first-order valence-electron chi connectivity index (χ1n) is 8.74. The van der Waals surface area contributed by atoms with E-state index in [0.29, 0.717) is 23.8 Å². The van der Waals surface area contributed by atoms with Gasteiger partial charge in [-0.15, -0.1) is 0 Å². The van der Waals surface area contributed by atoms with Gasteiger partial charge in [-0.25, -0.2) is 0 Å². The number of carbonyl (C=O) groups excluding carboxylic acids is 2. The maximum Gasteiger partial charge on any atom is 0.223 e. The van der Waals surface area contributed by atoms with Crippen LogP contribution in [0.1, 0.15) is 30.0 Å². The number of carbonyl (C=O) groups is 2. The average Bonchev–Trinajstić information content (AvgIpc) is 2.57. The zero-order chi connectivity index (χ0) is 19.1. The molecule has 0 saturated heterocycles. The van der Waals surface area contributed by atoms with E-state index in [4.69, 9.17) is 11.6 Å². The van der Waals surface area contributed by atoms with Crippen LogP contribution in [0.5, 0.6) is 0 Å². The fourth-order valence-electron chi connectivity index (χ4n) is 2.97. The minimum atomic E-state index is -0.129. The lowest BCUT2D eigenvalue weighted by Crippen LogP contribution is -2.35. The lowest BCUT2D eigenvalue weighted by atomic mass is 10.1. The van der Waals surface area contributed by atoms with Gasteiger partial charge in [-0.3, -0.25) is 9.59 Å². The second-order valence-electron chi connectivity index (χ2n) is 6.42. The van der Waals surface area contributed by atoms with Crippen LogP contribution in [0.2, 0.25) is 5.02 Å². The number of hydrogen-bond acceptors (Lipinski definition) is 2. The van der Waals surface area contributed by atoms with Gasteiger partial charge in [-0.05, 0) is 43.0 Å². The molecule has 0 aliphatic carbocycles. The summed E-state index contributed by atoms with van der Waals surface area (Å²) in [6.07, 6.45) is 1.02. The highest BCUT2D eigenvalue weighted by molar-refractivity contribution is 6.34. The van der Waals surface area contributed by atoms with E-state index in [9.17, 15) is 9.59 Å². The van der Waals surface area contributed by atoms with Crippen LogP contribution in [0.4, 0.5) is 5.69 Å². The van der Waals surface area contributed by atoms with Crippen molar-refractivity contribution in [2.45, 2.75) is 33.6 Å². The summed E-state index contributed by atoms with van der Waals surface area (Å²) in [6.45, 7) is 6.25. The van der Waals surface area contributed by atoms with Gasteiger partial charge >= 0.3 is 0 Å². The lowest BCUT2D eigenvalue weighted by molar-refractivity contribution is -0.121. The normalized spacial score (nSPS) is 10.5. The van der Waals surface area contributed by atoms with Gasteiger partial charge in [0.25, 0.3) is 0 Å². The van der Waals surface area contributed by atoms with Gasteiger partial charge in [0.15, 0.2) is 0 Å². The first-order chi connectivity index (χ1) is 12.4. The molecule has 2 amide bonds. The monoisotopic (exact) mass is 372 g/mol. The largest absolute Gasteiger partial charge is 0.356 e. The van der Waals surface area contributed by atoms with Crippen LogP contribution in [0.15, 0.2) is 42.5 Å². The summed E-state index contributed by atoms with van der Waals surface area (Å²) in [5, 5.41) is 3.44. The number of anilines is 1. The predicted molar refractivity (Wildman–Crippen MR) is 107 cm³/mol. The molecule has 0 aromatic heterocycles. The quantitative estimate of drug-likeness (QED) is 0.796. The fourth-order valence-corrected chi connectivity index (χ4v) is 3.39. The molecule has 26 heavy (non-hydrogen) atoms. The molecule has 0 atom stereocenters. The van der Waals surface area contributed by atoms with Gasteiger partial charge in [-0.1, -0.05) is 48.0 Å². The van der Waals surface area contributed by atoms with Crippen LogP contribution in [-0.2, 0) is 16.0 Å². The fraction of sp³-hybridized carbons (Fsp3) is 0.333. The molecule has 0 aliphatic heterocycles. The van der Waals surface area contributed by atoms with Crippen LogP contribution in [0, 0.1) is 13.8 Å². The third kappa shape index (κ3) is 5.60. The predicted octanol–water partition coefficient (Wildman–Crippen LogP) is 4.06. The second-order valence-corrected chi connectivity index (χ2v) is 6.83. The van der Waals surface area contributed by atoms with Crippen molar-refractivity contribution in [1.29, 1.82) is 0 Å². The molecule has 1 N–H and O–H groups in total. The molecule has 0 saturated carbocycles. The van der Waals surface area contributed by atoms with Crippen LogP contribution in [0.25, 0.3) is 0 Å². The number of nitrogens with one attached hydrogen (secondary N) is 1. The Kier molecular flexibility index (Phi) is 7.22. The number of amides is 2. The molecule has 0 radical (unpaired) electrons. The Morgan fingerprint density at radius 3 is 2.42 bits per heavy atom. The van der Waals surface area contributed by atoms with E-state index in [1.54, 1.807) is 4.90 Å². The maximum atomic E-state index is 12.1. The number of nitrogens with zero attached hydrogens (tertiary/aromatic N) is 1. The number of benzene rings is 2. The van der Waals surface area contributed by atoms with E-state index in [0.717, 1.165) is 17.5 Å². The number of rotatable bonds is 7. The Labute approximate surface area is 160 Å². The van der Waals surface area contributed by atoms with E-state index in [1.165, 1.54) is 12.5 Å². The van der Waals surface area contributed by atoms with Crippen LogP contribution >= 0.6 is 11.6 Å². The topological polar surface area (TPSA) is 49.4 Å². The third-order valence-electron chi connectivity index (χ3n) is 4.19. The molecule has 0 bridgehead atoms. The van der Waals surface area contributed by atoms with Gasteiger partial charge in [0.2, 0.25) is 11.8 Å². The summed E-state index contributed by atoms with van der Waals surface area (Å²) in [4.78, 5) is 25.8. The van der Waals surface area contributed by atoms with Gasteiger partial charge < -0.3 is 10.2 Å². The van der Waals surface area contributed by atoms with Crippen molar-refractivity contribution in [3.63, 3.8) is 0 Å². The van der Waals surface area contributed by atoms with Crippen LogP contribution < -0.4 is 10.2 Å².